The molecule has 2 N–H and O–H groups in total. The third kappa shape index (κ3) is 2.88. The highest BCUT2D eigenvalue weighted by molar-refractivity contribution is 6.35. The van der Waals surface area contributed by atoms with Crippen LogP contribution in [0, 0.1) is 0 Å². The smallest absolute Gasteiger partial charge is 0.356 e. The maximum absolute atomic E-state index is 10.6. The van der Waals surface area contributed by atoms with E-state index in [0.29, 0.717) is 21.6 Å². The fourth-order valence-electron chi connectivity index (χ4n) is 1.23. The second-order valence-electron chi connectivity index (χ2n) is 3.34. The van der Waals surface area contributed by atoms with E-state index in [1.807, 2.05) is 0 Å². The summed E-state index contributed by atoms with van der Waals surface area (Å²) in [6, 6.07) is 4.94. The van der Waals surface area contributed by atoms with E-state index in [-0.39, 0.29) is 5.69 Å². The first-order chi connectivity index (χ1) is 8.56. The molecule has 1 heterocycles. The molecule has 1 aromatic heterocycles. The van der Waals surface area contributed by atoms with Crippen molar-refractivity contribution >= 4 is 40.7 Å². The molecule has 0 atom stereocenters. The van der Waals surface area contributed by atoms with Crippen LogP contribution in [-0.4, -0.2) is 21.0 Å². The van der Waals surface area contributed by atoms with E-state index in [0.717, 1.165) is 6.20 Å². The van der Waals surface area contributed by atoms with Crippen molar-refractivity contribution in [3.63, 3.8) is 0 Å². The van der Waals surface area contributed by atoms with Crippen LogP contribution in [0.3, 0.4) is 0 Å². The lowest BCUT2D eigenvalue weighted by Gasteiger charge is -2.07. The van der Waals surface area contributed by atoms with Crippen molar-refractivity contribution < 1.29 is 9.90 Å². The summed E-state index contributed by atoms with van der Waals surface area (Å²) in [4.78, 5) is 18.2. The minimum absolute atomic E-state index is 0.127. The zero-order chi connectivity index (χ0) is 13.1. The number of aromatic nitrogens is 2. The van der Waals surface area contributed by atoms with Gasteiger partial charge in [0.1, 0.15) is 5.82 Å². The third-order valence-electron chi connectivity index (χ3n) is 2.06. The summed E-state index contributed by atoms with van der Waals surface area (Å²) in [5.74, 6) is -0.751. The van der Waals surface area contributed by atoms with Gasteiger partial charge in [0.2, 0.25) is 0 Å². The molecule has 2 rings (SSSR count). The lowest BCUT2D eigenvalue weighted by atomic mass is 10.3. The Hall–Kier alpha value is -1.85. The fourth-order valence-corrected chi connectivity index (χ4v) is 1.57. The van der Waals surface area contributed by atoms with Crippen molar-refractivity contribution in [1.29, 1.82) is 0 Å². The maximum Gasteiger partial charge on any atom is 0.356 e. The van der Waals surface area contributed by atoms with Gasteiger partial charge in [-0.05, 0) is 18.2 Å². The Labute approximate surface area is 112 Å². The summed E-state index contributed by atoms with van der Waals surface area (Å²) in [5.41, 5.74) is 0.444. The molecule has 0 radical (unpaired) electrons. The lowest BCUT2D eigenvalue weighted by Crippen LogP contribution is -2.02. The predicted octanol–water partition coefficient (Wildman–Crippen LogP) is 3.23. The van der Waals surface area contributed by atoms with Crippen molar-refractivity contribution in [2.75, 3.05) is 5.32 Å². The first-order valence-electron chi connectivity index (χ1n) is 4.83. The van der Waals surface area contributed by atoms with E-state index >= 15 is 0 Å². The van der Waals surface area contributed by atoms with Crippen LogP contribution in [0.1, 0.15) is 10.5 Å². The number of nitrogens with one attached hydrogen (secondary N) is 1. The Bertz CT molecular complexity index is 587. The van der Waals surface area contributed by atoms with Gasteiger partial charge in [0.25, 0.3) is 0 Å². The molecule has 0 aliphatic carbocycles. The van der Waals surface area contributed by atoms with Crippen molar-refractivity contribution in [3.05, 3.63) is 46.3 Å². The van der Waals surface area contributed by atoms with Crippen LogP contribution in [0.4, 0.5) is 11.5 Å². The number of rotatable bonds is 3. The molecule has 1 aromatic carbocycles. The Balaban J connectivity index is 2.23. The minimum atomic E-state index is -1.13. The highest BCUT2D eigenvalue weighted by atomic mass is 35.5. The first-order valence-corrected chi connectivity index (χ1v) is 5.59. The molecule has 0 unspecified atom stereocenters. The molecule has 5 nitrogen and oxygen atoms in total. The molecular weight excluding hydrogens is 277 g/mol. The summed E-state index contributed by atoms with van der Waals surface area (Å²) in [6.07, 6.45) is 2.46. The molecule has 0 aliphatic rings. The Morgan fingerprint density at radius 2 is 2.00 bits per heavy atom. The first kappa shape index (κ1) is 12.6. The number of aromatic carboxylic acids is 1. The van der Waals surface area contributed by atoms with Gasteiger partial charge in [-0.25, -0.2) is 14.8 Å². The zero-order valence-corrected chi connectivity index (χ0v) is 10.4. The Morgan fingerprint density at radius 1 is 1.22 bits per heavy atom. The van der Waals surface area contributed by atoms with Crippen LogP contribution in [0.2, 0.25) is 10.0 Å². The summed E-state index contributed by atoms with van der Waals surface area (Å²) in [7, 11) is 0. The van der Waals surface area contributed by atoms with Crippen molar-refractivity contribution in [1.82, 2.24) is 9.97 Å². The second kappa shape index (κ2) is 5.20. The number of anilines is 2. The molecule has 7 heteroatoms. The maximum atomic E-state index is 10.6. The molecule has 0 bridgehead atoms. The second-order valence-corrected chi connectivity index (χ2v) is 4.18. The zero-order valence-electron chi connectivity index (χ0n) is 8.89. The van der Waals surface area contributed by atoms with Gasteiger partial charge in [-0.1, -0.05) is 23.2 Å². The average molecular weight is 284 g/mol. The van der Waals surface area contributed by atoms with E-state index in [1.165, 1.54) is 6.20 Å². The lowest BCUT2D eigenvalue weighted by molar-refractivity contribution is 0.0690. The number of carboxylic acid groups (broad SMARTS) is 1. The molecule has 0 fully saturated rings. The third-order valence-corrected chi connectivity index (χ3v) is 2.63. The molecular formula is C11H7Cl2N3O2. The molecule has 0 aliphatic heterocycles. The molecule has 0 saturated carbocycles. The molecule has 0 amide bonds. The van der Waals surface area contributed by atoms with Crippen molar-refractivity contribution in [2.24, 2.45) is 0 Å². The van der Waals surface area contributed by atoms with E-state index in [9.17, 15) is 4.79 Å². The van der Waals surface area contributed by atoms with Gasteiger partial charge in [-0.2, -0.15) is 0 Å². The fraction of sp³-hybridized carbons (Fsp3) is 0. The van der Waals surface area contributed by atoms with Gasteiger partial charge in [0.15, 0.2) is 5.69 Å². The number of carboxylic acids is 1. The van der Waals surface area contributed by atoms with Gasteiger partial charge in [-0.3, -0.25) is 0 Å². The van der Waals surface area contributed by atoms with E-state index in [2.05, 4.69) is 15.3 Å². The number of carbonyl (C=O) groups is 1. The minimum Gasteiger partial charge on any atom is -0.476 e. The van der Waals surface area contributed by atoms with Gasteiger partial charge < -0.3 is 10.4 Å². The SMILES string of the molecule is O=C(O)c1cnc(Nc2cc(Cl)ccc2Cl)cn1. The Morgan fingerprint density at radius 3 is 2.61 bits per heavy atom. The quantitative estimate of drug-likeness (QED) is 0.905. The molecule has 0 saturated heterocycles. The topological polar surface area (TPSA) is 75.1 Å². The van der Waals surface area contributed by atoms with Crippen LogP contribution < -0.4 is 5.32 Å². The van der Waals surface area contributed by atoms with Crippen LogP contribution >= 0.6 is 23.2 Å². The molecule has 18 heavy (non-hydrogen) atoms. The summed E-state index contributed by atoms with van der Waals surface area (Å²) < 4.78 is 0. The normalized spacial score (nSPS) is 10.1. The standard InChI is InChI=1S/C11H7Cl2N3O2/c12-6-1-2-7(13)8(3-6)16-10-5-14-9(4-15-10)11(17)18/h1-5H,(H,15,16)(H,17,18). The number of hydrogen-bond acceptors (Lipinski definition) is 4. The Kier molecular flexibility index (Phi) is 3.64. The van der Waals surface area contributed by atoms with Crippen LogP contribution in [0.5, 0.6) is 0 Å². The number of halogens is 2. The van der Waals surface area contributed by atoms with Crippen LogP contribution in [0.25, 0.3) is 0 Å². The number of hydrogen-bond donors (Lipinski definition) is 2. The summed E-state index contributed by atoms with van der Waals surface area (Å²) in [6.45, 7) is 0. The van der Waals surface area contributed by atoms with Gasteiger partial charge in [0.05, 0.1) is 23.1 Å². The van der Waals surface area contributed by atoms with Crippen molar-refractivity contribution in [3.8, 4) is 0 Å². The number of nitrogens with zero attached hydrogens (tertiary/aromatic N) is 2. The van der Waals surface area contributed by atoms with Gasteiger partial charge >= 0.3 is 5.97 Å². The van der Waals surface area contributed by atoms with Gasteiger partial charge in [-0.15, -0.1) is 0 Å². The summed E-state index contributed by atoms with van der Waals surface area (Å²) in [5, 5.41) is 12.6. The van der Waals surface area contributed by atoms with Crippen LogP contribution in [0.15, 0.2) is 30.6 Å². The van der Waals surface area contributed by atoms with E-state index in [1.54, 1.807) is 18.2 Å². The van der Waals surface area contributed by atoms with E-state index < -0.39 is 5.97 Å². The highest BCUT2D eigenvalue weighted by Gasteiger charge is 2.06. The summed E-state index contributed by atoms with van der Waals surface area (Å²) >= 11 is 11.8. The highest BCUT2D eigenvalue weighted by Crippen LogP contribution is 2.27. The van der Waals surface area contributed by atoms with Crippen molar-refractivity contribution in [2.45, 2.75) is 0 Å². The monoisotopic (exact) mass is 283 g/mol. The predicted molar refractivity (Wildman–Crippen MR) is 68.7 cm³/mol. The molecule has 92 valence electrons. The molecule has 2 aromatic rings. The van der Waals surface area contributed by atoms with E-state index in [4.69, 9.17) is 28.3 Å². The number of benzene rings is 1. The van der Waals surface area contributed by atoms with Gasteiger partial charge in [0, 0.05) is 5.02 Å². The molecule has 0 spiro atoms. The van der Waals surface area contributed by atoms with Crippen LogP contribution in [-0.2, 0) is 0 Å². The largest absolute Gasteiger partial charge is 0.476 e. The average Bonchev–Trinajstić information content (AvgIpc) is 2.34.